The van der Waals surface area contributed by atoms with Crippen LogP contribution in [0, 0.1) is 0 Å². The van der Waals surface area contributed by atoms with E-state index >= 15 is 0 Å². The number of halogens is 1. The summed E-state index contributed by atoms with van der Waals surface area (Å²) in [6.07, 6.45) is 2.18. The highest BCUT2D eigenvalue weighted by Gasteiger charge is 2.12. The molecule has 1 atom stereocenters. The van der Waals surface area contributed by atoms with E-state index in [0.717, 1.165) is 24.4 Å². The molecule has 112 valence electrons. The number of aryl methyl sites for hydroxylation is 1. The lowest BCUT2D eigenvalue weighted by Gasteiger charge is -2.20. The molecule has 0 fully saturated rings. The zero-order chi connectivity index (χ0) is 15.1. The highest BCUT2D eigenvalue weighted by atomic mass is 35.5. The van der Waals surface area contributed by atoms with Crippen LogP contribution in [0.5, 0.6) is 0 Å². The van der Waals surface area contributed by atoms with Crippen molar-refractivity contribution < 1.29 is 0 Å². The summed E-state index contributed by atoms with van der Waals surface area (Å²) in [7, 11) is 0. The van der Waals surface area contributed by atoms with Gasteiger partial charge in [-0.1, -0.05) is 67.9 Å². The second kappa shape index (κ2) is 8.21. The van der Waals surface area contributed by atoms with Gasteiger partial charge >= 0.3 is 0 Å². The molecule has 0 aromatic heterocycles. The predicted molar refractivity (Wildman–Crippen MR) is 92.1 cm³/mol. The van der Waals surface area contributed by atoms with Crippen molar-refractivity contribution >= 4 is 11.6 Å². The minimum absolute atomic E-state index is 0.516. The van der Waals surface area contributed by atoms with E-state index in [9.17, 15) is 0 Å². The fourth-order valence-corrected chi connectivity index (χ4v) is 2.74. The maximum Gasteiger partial charge on any atom is 0.0408 e. The Bertz CT molecular complexity index is 536. The van der Waals surface area contributed by atoms with Gasteiger partial charge in [-0.05, 0) is 42.0 Å². The van der Waals surface area contributed by atoms with Gasteiger partial charge in [0.2, 0.25) is 0 Å². The minimum Gasteiger partial charge on any atom is -0.314 e. The second-order valence-electron chi connectivity index (χ2n) is 5.84. The molecule has 0 aliphatic carbocycles. The lowest BCUT2D eigenvalue weighted by atomic mass is 9.92. The van der Waals surface area contributed by atoms with Crippen LogP contribution in [0.1, 0.15) is 37.3 Å². The number of hydrogen-bond donors (Lipinski definition) is 1. The highest BCUT2D eigenvalue weighted by molar-refractivity contribution is 6.30. The average Bonchev–Trinajstić information content (AvgIpc) is 2.48. The summed E-state index contributed by atoms with van der Waals surface area (Å²) < 4.78 is 0. The Hall–Kier alpha value is -1.31. The van der Waals surface area contributed by atoms with Crippen molar-refractivity contribution in [2.75, 3.05) is 6.54 Å². The zero-order valence-corrected chi connectivity index (χ0v) is 13.6. The van der Waals surface area contributed by atoms with Crippen molar-refractivity contribution in [2.24, 2.45) is 0 Å². The average molecular weight is 302 g/mol. The first-order valence-corrected chi connectivity index (χ1v) is 8.05. The van der Waals surface area contributed by atoms with Crippen LogP contribution < -0.4 is 5.32 Å². The van der Waals surface area contributed by atoms with Crippen LogP contribution in [-0.2, 0) is 6.42 Å². The van der Waals surface area contributed by atoms with Crippen LogP contribution >= 0.6 is 11.6 Å². The molecule has 0 bridgehead atoms. The SMILES string of the molecule is CC(C)NCC(CCc1cccc(Cl)c1)c1ccccc1. The summed E-state index contributed by atoms with van der Waals surface area (Å²) in [5, 5.41) is 4.39. The van der Waals surface area contributed by atoms with Crippen molar-refractivity contribution in [1.82, 2.24) is 5.32 Å². The highest BCUT2D eigenvalue weighted by Crippen LogP contribution is 2.22. The van der Waals surface area contributed by atoms with Crippen LogP contribution in [0.25, 0.3) is 0 Å². The smallest absolute Gasteiger partial charge is 0.0408 e. The Morgan fingerprint density at radius 3 is 2.43 bits per heavy atom. The van der Waals surface area contributed by atoms with Crippen LogP contribution in [0.3, 0.4) is 0 Å². The standard InChI is InChI=1S/C19H24ClN/c1-15(2)21-14-18(17-8-4-3-5-9-17)12-11-16-7-6-10-19(20)13-16/h3-10,13,15,18,21H,11-12,14H2,1-2H3. The maximum atomic E-state index is 6.07. The number of benzene rings is 2. The largest absolute Gasteiger partial charge is 0.314 e. The third kappa shape index (κ3) is 5.53. The first-order valence-electron chi connectivity index (χ1n) is 7.68. The quantitative estimate of drug-likeness (QED) is 0.754. The molecular weight excluding hydrogens is 278 g/mol. The lowest BCUT2D eigenvalue weighted by molar-refractivity contribution is 0.508. The van der Waals surface area contributed by atoms with Crippen molar-refractivity contribution in [3.63, 3.8) is 0 Å². The van der Waals surface area contributed by atoms with Gasteiger partial charge in [-0.3, -0.25) is 0 Å². The summed E-state index contributed by atoms with van der Waals surface area (Å²) >= 11 is 6.07. The fraction of sp³-hybridized carbons (Fsp3) is 0.368. The summed E-state index contributed by atoms with van der Waals surface area (Å²) in [4.78, 5) is 0. The molecule has 2 aromatic carbocycles. The number of hydrogen-bond acceptors (Lipinski definition) is 1. The van der Waals surface area contributed by atoms with E-state index in [4.69, 9.17) is 11.6 Å². The molecule has 2 heteroatoms. The molecule has 2 aromatic rings. The zero-order valence-electron chi connectivity index (χ0n) is 12.9. The topological polar surface area (TPSA) is 12.0 Å². The summed E-state index contributed by atoms with van der Waals surface area (Å²) in [6, 6.07) is 19.5. The lowest BCUT2D eigenvalue weighted by Crippen LogP contribution is -2.28. The number of rotatable bonds is 7. The van der Waals surface area contributed by atoms with E-state index in [2.05, 4.69) is 61.6 Å². The van der Waals surface area contributed by atoms with E-state index in [-0.39, 0.29) is 0 Å². The molecule has 1 unspecified atom stereocenters. The second-order valence-corrected chi connectivity index (χ2v) is 6.28. The van der Waals surface area contributed by atoms with E-state index in [1.54, 1.807) is 0 Å². The third-order valence-corrected chi connectivity index (χ3v) is 3.95. The molecule has 0 heterocycles. The molecule has 0 amide bonds. The molecular formula is C19H24ClN. The van der Waals surface area contributed by atoms with Gasteiger partial charge in [0, 0.05) is 17.6 Å². The summed E-state index contributed by atoms with van der Waals surface area (Å²) in [6.45, 7) is 5.40. The number of nitrogens with one attached hydrogen (secondary N) is 1. The molecule has 21 heavy (non-hydrogen) atoms. The first-order chi connectivity index (χ1) is 10.1. The van der Waals surface area contributed by atoms with Gasteiger partial charge in [0.05, 0.1) is 0 Å². The monoisotopic (exact) mass is 301 g/mol. The predicted octanol–water partition coefficient (Wildman–Crippen LogP) is 5.05. The van der Waals surface area contributed by atoms with Crippen LogP contribution in [0.15, 0.2) is 54.6 Å². The first kappa shape index (κ1) is 16.1. The molecule has 0 spiro atoms. The van der Waals surface area contributed by atoms with Crippen LogP contribution in [-0.4, -0.2) is 12.6 Å². The molecule has 0 saturated carbocycles. The Morgan fingerprint density at radius 2 is 1.76 bits per heavy atom. The van der Waals surface area contributed by atoms with Gasteiger partial charge in [-0.15, -0.1) is 0 Å². The van der Waals surface area contributed by atoms with Crippen molar-refractivity contribution in [3.05, 3.63) is 70.7 Å². The van der Waals surface area contributed by atoms with Crippen LogP contribution in [0.4, 0.5) is 0 Å². The van der Waals surface area contributed by atoms with E-state index in [1.807, 2.05) is 12.1 Å². The molecule has 0 radical (unpaired) electrons. The third-order valence-electron chi connectivity index (χ3n) is 3.71. The normalized spacial score (nSPS) is 12.6. The van der Waals surface area contributed by atoms with E-state index < -0.39 is 0 Å². The van der Waals surface area contributed by atoms with Gasteiger partial charge in [0.15, 0.2) is 0 Å². The Kier molecular flexibility index (Phi) is 6.28. The molecule has 0 aliphatic heterocycles. The van der Waals surface area contributed by atoms with E-state index in [1.165, 1.54) is 11.1 Å². The Morgan fingerprint density at radius 1 is 1.00 bits per heavy atom. The van der Waals surface area contributed by atoms with Crippen molar-refractivity contribution in [2.45, 2.75) is 38.6 Å². The maximum absolute atomic E-state index is 6.07. The summed E-state index contributed by atoms with van der Waals surface area (Å²) in [5.41, 5.74) is 2.72. The Labute approximate surface area is 133 Å². The van der Waals surface area contributed by atoms with Gasteiger partial charge < -0.3 is 5.32 Å². The van der Waals surface area contributed by atoms with Gasteiger partial charge in [0.1, 0.15) is 0 Å². The van der Waals surface area contributed by atoms with Crippen molar-refractivity contribution in [1.29, 1.82) is 0 Å². The molecule has 1 nitrogen and oxygen atoms in total. The molecule has 0 saturated heterocycles. The van der Waals surface area contributed by atoms with Gasteiger partial charge in [-0.25, -0.2) is 0 Å². The van der Waals surface area contributed by atoms with Crippen LogP contribution in [0.2, 0.25) is 5.02 Å². The molecule has 1 N–H and O–H groups in total. The minimum atomic E-state index is 0.516. The summed E-state index contributed by atoms with van der Waals surface area (Å²) in [5.74, 6) is 0.535. The van der Waals surface area contributed by atoms with E-state index in [0.29, 0.717) is 12.0 Å². The fourth-order valence-electron chi connectivity index (χ4n) is 2.52. The van der Waals surface area contributed by atoms with Gasteiger partial charge in [0.25, 0.3) is 0 Å². The molecule has 2 rings (SSSR count). The van der Waals surface area contributed by atoms with Crippen molar-refractivity contribution in [3.8, 4) is 0 Å². The Balaban J connectivity index is 2.02. The molecule has 0 aliphatic rings. The van der Waals surface area contributed by atoms with Gasteiger partial charge in [-0.2, -0.15) is 0 Å².